The van der Waals surface area contributed by atoms with Crippen molar-refractivity contribution >= 4 is 11.4 Å². The normalized spacial score (nSPS) is 11.4. The fraction of sp³-hybridized carbons (Fsp3) is 0.294. The van der Waals surface area contributed by atoms with Crippen molar-refractivity contribution in [1.82, 2.24) is 0 Å². The predicted octanol–water partition coefficient (Wildman–Crippen LogP) is 4.25. The lowest BCUT2D eigenvalue weighted by molar-refractivity contribution is 0.478. The molecule has 0 amide bonds. The van der Waals surface area contributed by atoms with Crippen molar-refractivity contribution in [2.45, 2.75) is 33.1 Å². The van der Waals surface area contributed by atoms with E-state index in [1.807, 2.05) is 19.1 Å². The lowest BCUT2D eigenvalue weighted by Crippen LogP contribution is -2.11. The maximum Gasteiger partial charge on any atom is 0.130 e. The van der Waals surface area contributed by atoms with Gasteiger partial charge in [-0.3, -0.25) is 0 Å². The highest BCUT2D eigenvalue weighted by Crippen LogP contribution is 2.31. The second-order valence-corrected chi connectivity index (χ2v) is 6.12. The SMILES string of the molecule is Cc1cc(C(C)(C)C)ccc1Oc1ccc(N)c(N)c1. The topological polar surface area (TPSA) is 61.3 Å². The van der Waals surface area contributed by atoms with Crippen LogP contribution in [-0.4, -0.2) is 0 Å². The molecule has 0 aliphatic rings. The van der Waals surface area contributed by atoms with Crippen LogP contribution in [0.25, 0.3) is 0 Å². The Labute approximate surface area is 120 Å². The van der Waals surface area contributed by atoms with E-state index in [0.29, 0.717) is 17.1 Å². The number of nitrogens with two attached hydrogens (primary N) is 2. The highest BCUT2D eigenvalue weighted by Gasteiger charge is 2.15. The van der Waals surface area contributed by atoms with Crippen LogP contribution in [0.2, 0.25) is 0 Å². The van der Waals surface area contributed by atoms with E-state index in [1.165, 1.54) is 5.56 Å². The number of aryl methyl sites for hydroxylation is 1. The van der Waals surface area contributed by atoms with Crippen LogP contribution < -0.4 is 16.2 Å². The largest absolute Gasteiger partial charge is 0.457 e. The van der Waals surface area contributed by atoms with Crippen molar-refractivity contribution < 1.29 is 4.74 Å². The van der Waals surface area contributed by atoms with Gasteiger partial charge in [0, 0.05) is 6.07 Å². The molecular weight excluding hydrogens is 248 g/mol. The molecule has 4 N–H and O–H groups in total. The summed E-state index contributed by atoms with van der Waals surface area (Å²) in [7, 11) is 0. The Morgan fingerprint density at radius 3 is 2.15 bits per heavy atom. The minimum atomic E-state index is 0.134. The van der Waals surface area contributed by atoms with Gasteiger partial charge in [-0.15, -0.1) is 0 Å². The van der Waals surface area contributed by atoms with Crippen LogP contribution in [0.5, 0.6) is 11.5 Å². The van der Waals surface area contributed by atoms with Crippen molar-refractivity contribution in [3.05, 3.63) is 47.5 Å². The number of rotatable bonds is 2. The summed E-state index contributed by atoms with van der Waals surface area (Å²) in [4.78, 5) is 0. The number of hydrogen-bond donors (Lipinski definition) is 2. The molecule has 3 nitrogen and oxygen atoms in total. The molecule has 0 aliphatic carbocycles. The maximum atomic E-state index is 5.88. The van der Waals surface area contributed by atoms with Crippen LogP contribution in [0.1, 0.15) is 31.9 Å². The Kier molecular flexibility index (Phi) is 3.62. The molecule has 0 aliphatic heterocycles. The third-order valence-electron chi connectivity index (χ3n) is 3.33. The van der Waals surface area contributed by atoms with Gasteiger partial charge in [0.25, 0.3) is 0 Å². The Morgan fingerprint density at radius 1 is 0.900 bits per heavy atom. The molecule has 0 radical (unpaired) electrons. The first kappa shape index (κ1) is 14.3. The van der Waals surface area contributed by atoms with Gasteiger partial charge in [0.1, 0.15) is 11.5 Å². The minimum Gasteiger partial charge on any atom is -0.457 e. The number of ether oxygens (including phenoxy) is 1. The lowest BCUT2D eigenvalue weighted by Gasteiger charge is -2.20. The summed E-state index contributed by atoms with van der Waals surface area (Å²) in [5, 5.41) is 0. The first-order valence-electron chi connectivity index (χ1n) is 6.71. The summed E-state index contributed by atoms with van der Waals surface area (Å²) in [6.07, 6.45) is 0. The molecule has 2 aromatic carbocycles. The van der Waals surface area contributed by atoms with Crippen molar-refractivity contribution in [3.8, 4) is 11.5 Å². The van der Waals surface area contributed by atoms with Gasteiger partial charge in [0.15, 0.2) is 0 Å². The number of hydrogen-bond acceptors (Lipinski definition) is 3. The van der Waals surface area contributed by atoms with Gasteiger partial charge in [-0.2, -0.15) is 0 Å². The first-order valence-corrected chi connectivity index (χ1v) is 6.71. The summed E-state index contributed by atoms with van der Waals surface area (Å²) in [5.74, 6) is 1.53. The molecular formula is C17H22N2O. The molecule has 0 bridgehead atoms. The van der Waals surface area contributed by atoms with Gasteiger partial charge in [-0.05, 0) is 41.7 Å². The van der Waals surface area contributed by atoms with Crippen LogP contribution in [0, 0.1) is 6.92 Å². The third-order valence-corrected chi connectivity index (χ3v) is 3.33. The molecule has 20 heavy (non-hydrogen) atoms. The molecule has 0 spiro atoms. The monoisotopic (exact) mass is 270 g/mol. The van der Waals surface area contributed by atoms with E-state index < -0.39 is 0 Å². The van der Waals surface area contributed by atoms with Crippen molar-refractivity contribution in [2.75, 3.05) is 11.5 Å². The zero-order chi connectivity index (χ0) is 14.9. The number of nitrogen functional groups attached to an aromatic ring is 2. The molecule has 0 fully saturated rings. The molecule has 0 unspecified atom stereocenters. The minimum absolute atomic E-state index is 0.134. The van der Waals surface area contributed by atoms with E-state index in [1.54, 1.807) is 12.1 Å². The molecule has 3 heteroatoms. The van der Waals surface area contributed by atoms with Gasteiger partial charge in [-0.1, -0.05) is 32.9 Å². The van der Waals surface area contributed by atoms with E-state index in [9.17, 15) is 0 Å². The Morgan fingerprint density at radius 2 is 1.60 bits per heavy atom. The zero-order valence-electron chi connectivity index (χ0n) is 12.5. The van der Waals surface area contributed by atoms with Crippen LogP contribution in [0.15, 0.2) is 36.4 Å². The summed E-state index contributed by atoms with van der Waals surface area (Å²) >= 11 is 0. The Hall–Kier alpha value is -2.16. The summed E-state index contributed by atoms with van der Waals surface area (Å²) in [6, 6.07) is 11.6. The second-order valence-electron chi connectivity index (χ2n) is 6.12. The van der Waals surface area contributed by atoms with Crippen LogP contribution in [0.3, 0.4) is 0 Å². The fourth-order valence-electron chi connectivity index (χ4n) is 1.97. The Bertz CT molecular complexity index is 627. The predicted molar refractivity (Wildman–Crippen MR) is 85.2 cm³/mol. The number of anilines is 2. The van der Waals surface area contributed by atoms with Crippen molar-refractivity contribution in [3.63, 3.8) is 0 Å². The van der Waals surface area contributed by atoms with Crippen LogP contribution >= 0.6 is 0 Å². The smallest absolute Gasteiger partial charge is 0.130 e. The summed E-state index contributed by atoms with van der Waals surface area (Å²) < 4.78 is 5.88. The molecule has 0 aromatic heterocycles. The third kappa shape index (κ3) is 3.05. The van der Waals surface area contributed by atoms with E-state index in [-0.39, 0.29) is 5.41 Å². The first-order chi connectivity index (χ1) is 9.27. The zero-order valence-corrected chi connectivity index (χ0v) is 12.5. The van der Waals surface area contributed by atoms with Gasteiger partial charge in [-0.25, -0.2) is 0 Å². The molecule has 106 valence electrons. The van der Waals surface area contributed by atoms with E-state index in [4.69, 9.17) is 16.2 Å². The highest BCUT2D eigenvalue weighted by molar-refractivity contribution is 5.65. The second kappa shape index (κ2) is 5.08. The van der Waals surface area contributed by atoms with E-state index >= 15 is 0 Å². The van der Waals surface area contributed by atoms with Crippen molar-refractivity contribution in [2.24, 2.45) is 0 Å². The molecule has 0 saturated carbocycles. The molecule has 0 heterocycles. The van der Waals surface area contributed by atoms with Crippen LogP contribution in [0.4, 0.5) is 11.4 Å². The highest BCUT2D eigenvalue weighted by atomic mass is 16.5. The average molecular weight is 270 g/mol. The molecule has 2 rings (SSSR count). The molecule has 0 atom stereocenters. The van der Waals surface area contributed by atoms with Crippen LogP contribution in [-0.2, 0) is 5.41 Å². The summed E-state index contributed by atoms with van der Waals surface area (Å²) in [5.41, 5.74) is 15.1. The number of benzene rings is 2. The fourth-order valence-corrected chi connectivity index (χ4v) is 1.97. The molecule has 0 saturated heterocycles. The summed E-state index contributed by atoms with van der Waals surface area (Å²) in [6.45, 7) is 8.64. The average Bonchev–Trinajstić information content (AvgIpc) is 2.35. The quantitative estimate of drug-likeness (QED) is 0.802. The van der Waals surface area contributed by atoms with Gasteiger partial charge < -0.3 is 16.2 Å². The van der Waals surface area contributed by atoms with Gasteiger partial charge in [0.05, 0.1) is 11.4 Å². The standard InChI is InChI=1S/C17H22N2O/c1-11-9-12(17(2,3)4)5-8-16(11)20-13-6-7-14(18)15(19)10-13/h5-10H,18-19H2,1-4H3. The van der Waals surface area contributed by atoms with E-state index in [0.717, 1.165) is 11.3 Å². The lowest BCUT2D eigenvalue weighted by atomic mass is 9.86. The van der Waals surface area contributed by atoms with Crippen molar-refractivity contribution in [1.29, 1.82) is 0 Å². The maximum absolute atomic E-state index is 5.88. The van der Waals surface area contributed by atoms with Gasteiger partial charge >= 0.3 is 0 Å². The van der Waals surface area contributed by atoms with E-state index in [2.05, 4.69) is 32.9 Å². The molecule has 2 aromatic rings. The Balaban J connectivity index is 2.28. The van der Waals surface area contributed by atoms with Gasteiger partial charge in [0.2, 0.25) is 0 Å².